The van der Waals surface area contributed by atoms with Gasteiger partial charge in [-0.05, 0) is 97.7 Å². The van der Waals surface area contributed by atoms with E-state index in [1.54, 1.807) is 0 Å². The lowest BCUT2D eigenvalue weighted by Crippen LogP contribution is -2.50. The van der Waals surface area contributed by atoms with Crippen molar-refractivity contribution < 1.29 is 19.4 Å². The molecule has 0 aromatic carbocycles. The molecule has 0 heterocycles. The smallest absolute Gasteiger partial charge is 0.404 e. The van der Waals surface area contributed by atoms with Crippen LogP contribution in [0.5, 0.6) is 0 Å². The molecule has 0 radical (unpaired) electrons. The van der Waals surface area contributed by atoms with Gasteiger partial charge in [-0.2, -0.15) is 0 Å². The Labute approximate surface area is 245 Å². The van der Waals surface area contributed by atoms with Crippen molar-refractivity contribution in [1.82, 2.24) is 5.32 Å². The fraction of sp³-hybridized carbons (Fsp3) is 0.912. The first kappa shape index (κ1) is 33.4. The molecule has 5 unspecified atom stereocenters. The van der Waals surface area contributed by atoms with Crippen molar-refractivity contribution >= 4 is 6.09 Å². The molecule has 6 heteroatoms. The van der Waals surface area contributed by atoms with Gasteiger partial charge in [-0.3, -0.25) is 0 Å². The monoisotopic (exact) mass is 562 g/mol. The molecule has 3 fully saturated rings. The van der Waals surface area contributed by atoms with Crippen LogP contribution >= 0.6 is 0 Å². The number of amides is 1. The molecule has 1 amide bonds. The van der Waals surface area contributed by atoms with E-state index in [9.17, 15) is 4.79 Å². The first-order chi connectivity index (χ1) is 19.1. The van der Waals surface area contributed by atoms with Crippen LogP contribution in [-0.2, 0) is 9.47 Å². The van der Waals surface area contributed by atoms with Gasteiger partial charge in [0.05, 0.1) is 26.4 Å². The van der Waals surface area contributed by atoms with Crippen LogP contribution in [-0.4, -0.2) is 50.7 Å². The lowest BCUT2D eigenvalue weighted by atomic mass is 9.47. The van der Waals surface area contributed by atoms with Crippen molar-refractivity contribution in [1.29, 1.82) is 0 Å². The molecule has 4 aliphatic carbocycles. The van der Waals surface area contributed by atoms with Crippen molar-refractivity contribution in [3.8, 4) is 0 Å². The topological polar surface area (TPSA) is 93.8 Å². The normalized spacial score (nSPS) is 33.6. The Balaban J connectivity index is 0.000000289. The first-order valence-electron chi connectivity index (χ1n) is 16.6. The highest BCUT2D eigenvalue weighted by Gasteiger charge is 2.58. The van der Waals surface area contributed by atoms with E-state index < -0.39 is 6.09 Å². The molecule has 7 atom stereocenters. The maximum absolute atomic E-state index is 9.97. The van der Waals surface area contributed by atoms with Gasteiger partial charge in [0.25, 0.3) is 0 Å². The lowest BCUT2D eigenvalue weighted by molar-refractivity contribution is -0.0500. The van der Waals surface area contributed by atoms with Crippen LogP contribution in [0.25, 0.3) is 0 Å². The molecule has 0 bridgehead atoms. The lowest BCUT2D eigenvalue weighted by Gasteiger charge is -2.58. The molecule has 4 aliphatic rings. The van der Waals surface area contributed by atoms with Gasteiger partial charge >= 0.3 is 6.09 Å². The standard InChI is InChI=1S/C27H46.C7H16N2O4/c1-19(2)9-8-10-20(3)23-14-15-24-22-13-12-21-11-6-7-17-26(21,4)25(22)16-18-27(23,24)5;8-1-3-12-5-6-13-4-2-9-7(10)11/h12,19-20,22-25H,6-11,13-18H2,1-5H3;9H,1-6,8H2,(H,10,11)/t20?,22?,23?,24?,25?,26-,27+;/m0./s1. The molecule has 0 saturated heterocycles. The van der Waals surface area contributed by atoms with E-state index in [2.05, 4.69) is 46.0 Å². The average molecular weight is 563 g/mol. The molecule has 232 valence electrons. The Kier molecular flexibility index (Phi) is 13.3. The Morgan fingerprint density at radius 3 is 2.48 bits per heavy atom. The summed E-state index contributed by atoms with van der Waals surface area (Å²) < 4.78 is 10.1. The Morgan fingerprint density at radius 2 is 1.77 bits per heavy atom. The first-order valence-corrected chi connectivity index (χ1v) is 16.6. The summed E-state index contributed by atoms with van der Waals surface area (Å²) in [7, 11) is 0. The summed E-state index contributed by atoms with van der Waals surface area (Å²) in [5.74, 6) is 5.84. The summed E-state index contributed by atoms with van der Waals surface area (Å²) in [5.41, 5.74) is 8.27. The van der Waals surface area contributed by atoms with Crippen molar-refractivity contribution in [3.63, 3.8) is 0 Å². The van der Waals surface area contributed by atoms with Crippen LogP contribution in [0.3, 0.4) is 0 Å². The maximum atomic E-state index is 9.97. The third-order valence-electron chi connectivity index (χ3n) is 11.4. The number of rotatable bonds is 13. The highest BCUT2D eigenvalue weighted by molar-refractivity contribution is 5.64. The molecule has 40 heavy (non-hydrogen) atoms. The van der Waals surface area contributed by atoms with Crippen LogP contribution in [0.4, 0.5) is 4.79 Å². The minimum Gasteiger partial charge on any atom is -0.465 e. The van der Waals surface area contributed by atoms with Gasteiger partial charge in [-0.25, -0.2) is 4.79 Å². The Hall–Kier alpha value is -1.11. The molecule has 4 rings (SSSR count). The predicted molar refractivity (Wildman–Crippen MR) is 164 cm³/mol. The van der Waals surface area contributed by atoms with Crippen LogP contribution in [0, 0.1) is 46.3 Å². The molecule has 4 N–H and O–H groups in total. The summed E-state index contributed by atoms with van der Waals surface area (Å²) in [6.07, 6.45) is 19.4. The summed E-state index contributed by atoms with van der Waals surface area (Å²) in [4.78, 5) is 9.97. The number of fused-ring (bicyclic) bond motifs is 5. The Bertz CT molecular complexity index is 801. The number of nitrogens with two attached hydrogens (primary N) is 1. The zero-order chi connectivity index (χ0) is 29.2. The predicted octanol–water partition coefficient (Wildman–Crippen LogP) is 7.66. The summed E-state index contributed by atoms with van der Waals surface area (Å²) >= 11 is 0. The highest BCUT2D eigenvalue weighted by atomic mass is 16.5. The number of ether oxygens (including phenoxy) is 2. The van der Waals surface area contributed by atoms with Gasteiger partial charge in [0.15, 0.2) is 0 Å². The second-order valence-electron chi connectivity index (χ2n) is 14.2. The van der Waals surface area contributed by atoms with Gasteiger partial charge in [0.1, 0.15) is 0 Å². The third-order valence-corrected chi connectivity index (χ3v) is 11.4. The third kappa shape index (κ3) is 8.47. The van der Waals surface area contributed by atoms with Crippen molar-refractivity contribution in [2.24, 2.45) is 52.1 Å². The number of allylic oxidation sites excluding steroid dienone is 2. The molecule has 0 spiro atoms. The zero-order valence-electron chi connectivity index (χ0n) is 26.5. The van der Waals surface area contributed by atoms with Crippen LogP contribution in [0.2, 0.25) is 0 Å². The fourth-order valence-corrected chi connectivity index (χ4v) is 9.36. The van der Waals surface area contributed by atoms with Crippen molar-refractivity contribution in [2.75, 3.05) is 39.5 Å². The zero-order valence-corrected chi connectivity index (χ0v) is 26.5. The van der Waals surface area contributed by atoms with E-state index in [1.165, 1.54) is 77.0 Å². The van der Waals surface area contributed by atoms with Gasteiger partial charge in [-0.1, -0.05) is 72.0 Å². The van der Waals surface area contributed by atoms with Gasteiger partial charge < -0.3 is 25.6 Å². The fourth-order valence-electron chi connectivity index (χ4n) is 9.36. The second kappa shape index (κ2) is 15.9. The van der Waals surface area contributed by atoms with E-state index in [0.29, 0.717) is 50.3 Å². The summed E-state index contributed by atoms with van der Waals surface area (Å²) in [6.45, 7) is 15.4. The average Bonchev–Trinajstić information content (AvgIpc) is 3.27. The van der Waals surface area contributed by atoms with Crippen molar-refractivity contribution in [2.45, 2.75) is 112 Å². The van der Waals surface area contributed by atoms with Crippen LogP contribution in [0.15, 0.2) is 11.6 Å². The minimum absolute atomic E-state index is 0.298. The number of hydrogen-bond donors (Lipinski definition) is 3. The van der Waals surface area contributed by atoms with E-state index in [-0.39, 0.29) is 0 Å². The quantitative estimate of drug-likeness (QED) is 0.158. The molecule has 6 nitrogen and oxygen atoms in total. The largest absolute Gasteiger partial charge is 0.465 e. The number of carboxylic acid groups (broad SMARTS) is 1. The summed E-state index contributed by atoms with van der Waals surface area (Å²) in [6, 6.07) is 0. The van der Waals surface area contributed by atoms with Crippen LogP contribution < -0.4 is 11.1 Å². The molecule has 0 aromatic rings. The minimum atomic E-state index is -1.04. The number of carbonyl (C=O) groups is 1. The van der Waals surface area contributed by atoms with Crippen molar-refractivity contribution in [3.05, 3.63) is 11.6 Å². The van der Waals surface area contributed by atoms with E-state index in [4.69, 9.17) is 20.3 Å². The van der Waals surface area contributed by atoms with Crippen LogP contribution in [0.1, 0.15) is 112 Å². The Morgan fingerprint density at radius 1 is 1.02 bits per heavy atom. The SMILES string of the molecule is CC(C)CCCC(C)C1CCC2C3CC=C4CCCC[C@]4(C)C3CC[C@]12C.NCCOCCOCCNC(=O)O. The van der Waals surface area contributed by atoms with E-state index >= 15 is 0 Å². The van der Waals surface area contributed by atoms with Gasteiger partial charge in [0, 0.05) is 13.1 Å². The van der Waals surface area contributed by atoms with E-state index in [1.807, 2.05) is 5.57 Å². The molecule has 3 saturated carbocycles. The molecule has 0 aliphatic heterocycles. The van der Waals surface area contributed by atoms with E-state index in [0.717, 1.165) is 35.5 Å². The number of nitrogens with one attached hydrogen (secondary N) is 1. The highest BCUT2D eigenvalue weighted by Crippen LogP contribution is 2.67. The molecular formula is C34H62N2O4. The van der Waals surface area contributed by atoms with Gasteiger partial charge in [0.2, 0.25) is 0 Å². The molecular weight excluding hydrogens is 500 g/mol. The number of hydrogen-bond acceptors (Lipinski definition) is 4. The molecule has 0 aromatic heterocycles. The second-order valence-corrected chi connectivity index (χ2v) is 14.2. The van der Waals surface area contributed by atoms with Gasteiger partial charge in [-0.15, -0.1) is 0 Å². The summed E-state index contributed by atoms with van der Waals surface area (Å²) in [5, 5.41) is 10.4. The maximum Gasteiger partial charge on any atom is 0.404 e.